The van der Waals surface area contributed by atoms with Crippen LogP contribution < -0.4 is 10.1 Å². The second-order valence-corrected chi connectivity index (χ2v) is 4.92. The first kappa shape index (κ1) is 13.7. The standard InChI is InChI=1S/C18H19NO2/c1-3-19-18(14-9-5-6-10-16(14)20-2)15-12-21-17-11-7-4-8-13(15)17/h4-12,18-19H,3H2,1-2H3. The molecule has 0 aliphatic heterocycles. The maximum Gasteiger partial charge on any atom is 0.134 e. The van der Waals surface area contributed by atoms with Crippen LogP contribution in [0.2, 0.25) is 0 Å². The van der Waals surface area contributed by atoms with Gasteiger partial charge in [0.2, 0.25) is 0 Å². The van der Waals surface area contributed by atoms with Gasteiger partial charge in [0.05, 0.1) is 19.4 Å². The molecule has 0 bridgehead atoms. The Balaban J connectivity index is 2.13. The third-order valence-corrected chi connectivity index (χ3v) is 3.68. The smallest absolute Gasteiger partial charge is 0.134 e. The molecule has 0 spiro atoms. The van der Waals surface area contributed by atoms with Gasteiger partial charge in [0, 0.05) is 16.5 Å². The molecule has 0 aliphatic carbocycles. The highest BCUT2D eigenvalue weighted by Gasteiger charge is 2.21. The summed E-state index contributed by atoms with van der Waals surface area (Å²) in [5.41, 5.74) is 3.16. The van der Waals surface area contributed by atoms with Crippen molar-refractivity contribution in [1.29, 1.82) is 0 Å². The van der Waals surface area contributed by atoms with Gasteiger partial charge in [0.15, 0.2) is 0 Å². The van der Waals surface area contributed by atoms with Crippen LogP contribution in [0.4, 0.5) is 0 Å². The number of hydrogen-bond donors (Lipinski definition) is 1. The van der Waals surface area contributed by atoms with Crippen molar-refractivity contribution in [2.75, 3.05) is 13.7 Å². The summed E-state index contributed by atoms with van der Waals surface area (Å²) in [6.45, 7) is 2.97. The van der Waals surface area contributed by atoms with Crippen molar-refractivity contribution in [1.82, 2.24) is 5.32 Å². The molecule has 1 N–H and O–H groups in total. The van der Waals surface area contributed by atoms with Gasteiger partial charge in [0.25, 0.3) is 0 Å². The number of benzene rings is 2. The number of hydrogen-bond acceptors (Lipinski definition) is 3. The Morgan fingerprint density at radius 2 is 1.81 bits per heavy atom. The second-order valence-electron chi connectivity index (χ2n) is 4.92. The minimum Gasteiger partial charge on any atom is -0.496 e. The normalized spacial score (nSPS) is 12.5. The number of furan rings is 1. The molecule has 3 heteroatoms. The van der Waals surface area contributed by atoms with Crippen molar-refractivity contribution in [3.8, 4) is 5.75 Å². The highest BCUT2D eigenvalue weighted by atomic mass is 16.5. The Bertz CT molecular complexity index is 733. The first-order chi connectivity index (χ1) is 10.3. The lowest BCUT2D eigenvalue weighted by molar-refractivity contribution is 0.404. The summed E-state index contributed by atoms with van der Waals surface area (Å²) in [7, 11) is 1.70. The van der Waals surface area contributed by atoms with Crippen LogP contribution >= 0.6 is 0 Å². The van der Waals surface area contributed by atoms with E-state index < -0.39 is 0 Å². The highest BCUT2D eigenvalue weighted by molar-refractivity contribution is 5.82. The van der Waals surface area contributed by atoms with Gasteiger partial charge in [0.1, 0.15) is 11.3 Å². The average molecular weight is 281 g/mol. The molecule has 3 aromatic rings. The van der Waals surface area contributed by atoms with Gasteiger partial charge < -0.3 is 14.5 Å². The number of para-hydroxylation sites is 2. The number of rotatable bonds is 5. The van der Waals surface area contributed by atoms with Crippen LogP contribution in [-0.4, -0.2) is 13.7 Å². The Hall–Kier alpha value is -2.26. The predicted molar refractivity (Wildman–Crippen MR) is 84.7 cm³/mol. The van der Waals surface area contributed by atoms with Gasteiger partial charge in [-0.2, -0.15) is 0 Å². The molecular formula is C18H19NO2. The van der Waals surface area contributed by atoms with Crippen LogP contribution in [0.15, 0.2) is 59.2 Å². The molecule has 108 valence electrons. The van der Waals surface area contributed by atoms with Crippen molar-refractivity contribution in [3.63, 3.8) is 0 Å². The van der Waals surface area contributed by atoms with Crippen molar-refractivity contribution in [2.24, 2.45) is 0 Å². The Morgan fingerprint density at radius 1 is 1.05 bits per heavy atom. The fraction of sp³-hybridized carbons (Fsp3) is 0.222. The van der Waals surface area contributed by atoms with E-state index in [-0.39, 0.29) is 6.04 Å². The van der Waals surface area contributed by atoms with E-state index in [1.165, 1.54) is 0 Å². The van der Waals surface area contributed by atoms with Crippen LogP contribution in [-0.2, 0) is 0 Å². The summed E-state index contributed by atoms with van der Waals surface area (Å²) < 4.78 is 11.2. The number of methoxy groups -OCH3 is 1. The molecule has 2 aromatic carbocycles. The molecule has 21 heavy (non-hydrogen) atoms. The Morgan fingerprint density at radius 3 is 2.62 bits per heavy atom. The molecule has 0 amide bonds. The average Bonchev–Trinajstić information content (AvgIpc) is 2.96. The lowest BCUT2D eigenvalue weighted by Crippen LogP contribution is -2.22. The molecule has 3 rings (SSSR count). The molecule has 1 heterocycles. The van der Waals surface area contributed by atoms with Gasteiger partial charge in [-0.05, 0) is 18.7 Å². The predicted octanol–water partition coefficient (Wildman–Crippen LogP) is 4.14. The van der Waals surface area contributed by atoms with Crippen molar-refractivity contribution >= 4 is 11.0 Å². The van der Waals surface area contributed by atoms with E-state index in [0.717, 1.165) is 34.4 Å². The molecule has 0 saturated carbocycles. The van der Waals surface area contributed by atoms with E-state index in [9.17, 15) is 0 Å². The summed E-state index contributed by atoms with van der Waals surface area (Å²) in [5, 5.41) is 4.66. The number of nitrogens with one attached hydrogen (secondary N) is 1. The topological polar surface area (TPSA) is 34.4 Å². The van der Waals surface area contributed by atoms with Gasteiger partial charge in [-0.1, -0.05) is 43.3 Å². The fourth-order valence-electron chi connectivity index (χ4n) is 2.72. The zero-order chi connectivity index (χ0) is 14.7. The Kier molecular flexibility index (Phi) is 3.93. The van der Waals surface area contributed by atoms with Gasteiger partial charge >= 0.3 is 0 Å². The molecule has 0 radical (unpaired) electrons. The molecule has 0 aliphatic rings. The van der Waals surface area contributed by atoms with Crippen LogP contribution in [0.1, 0.15) is 24.1 Å². The maximum absolute atomic E-state index is 5.69. The monoisotopic (exact) mass is 281 g/mol. The zero-order valence-electron chi connectivity index (χ0n) is 12.3. The number of fused-ring (bicyclic) bond motifs is 1. The molecule has 0 fully saturated rings. The van der Waals surface area contributed by atoms with E-state index in [2.05, 4.69) is 24.4 Å². The minimum atomic E-state index is 0.0507. The molecule has 1 unspecified atom stereocenters. The molecule has 0 saturated heterocycles. The van der Waals surface area contributed by atoms with Gasteiger partial charge in [-0.15, -0.1) is 0 Å². The van der Waals surface area contributed by atoms with E-state index in [4.69, 9.17) is 9.15 Å². The Labute approximate surface area is 124 Å². The maximum atomic E-state index is 5.69. The first-order valence-electron chi connectivity index (χ1n) is 7.17. The van der Waals surface area contributed by atoms with E-state index in [1.807, 2.05) is 42.7 Å². The van der Waals surface area contributed by atoms with E-state index in [0.29, 0.717) is 0 Å². The third-order valence-electron chi connectivity index (χ3n) is 3.68. The third kappa shape index (κ3) is 2.52. The van der Waals surface area contributed by atoms with Crippen LogP contribution in [0.5, 0.6) is 5.75 Å². The lowest BCUT2D eigenvalue weighted by atomic mass is 9.97. The van der Waals surface area contributed by atoms with Crippen molar-refractivity contribution in [2.45, 2.75) is 13.0 Å². The quantitative estimate of drug-likeness (QED) is 0.763. The number of ether oxygens (including phenoxy) is 1. The summed E-state index contributed by atoms with van der Waals surface area (Å²) in [4.78, 5) is 0. The molecule has 1 atom stereocenters. The van der Waals surface area contributed by atoms with E-state index in [1.54, 1.807) is 7.11 Å². The van der Waals surface area contributed by atoms with Crippen molar-refractivity contribution in [3.05, 3.63) is 65.9 Å². The molecular weight excluding hydrogens is 262 g/mol. The largest absolute Gasteiger partial charge is 0.496 e. The summed E-state index contributed by atoms with van der Waals surface area (Å²) in [6, 6.07) is 16.2. The minimum absolute atomic E-state index is 0.0507. The van der Waals surface area contributed by atoms with Crippen LogP contribution in [0.25, 0.3) is 11.0 Å². The first-order valence-corrected chi connectivity index (χ1v) is 7.17. The van der Waals surface area contributed by atoms with Crippen LogP contribution in [0.3, 0.4) is 0 Å². The molecule has 3 nitrogen and oxygen atoms in total. The van der Waals surface area contributed by atoms with Crippen LogP contribution in [0, 0.1) is 0 Å². The SMILES string of the molecule is CCNC(c1ccccc1OC)c1coc2ccccc12. The van der Waals surface area contributed by atoms with Crippen molar-refractivity contribution < 1.29 is 9.15 Å². The summed E-state index contributed by atoms with van der Waals surface area (Å²) >= 11 is 0. The second kappa shape index (κ2) is 6.02. The van der Waals surface area contributed by atoms with E-state index >= 15 is 0 Å². The summed E-state index contributed by atoms with van der Waals surface area (Å²) in [5.74, 6) is 0.883. The highest BCUT2D eigenvalue weighted by Crippen LogP contribution is 2.34. The lowest BCUT2D eigenvalue weighted by Gasteiger charge is -2.20. The van der Waals surface area contributed by atoms with Gasteiger partial charge in [-0.3, -0.25) is 0 Å². The zero-order valence-corrected chi connectivity index (χ0v) is 12.3. The van der Waals surface area contributed by atoms with Gasteiger partial charge in [-0.25, -0.2) is 0 Å². The molecule has 1 aromatic heterocycles. The fourth-order valence-corrected chi connectivity index (χ4v) is 2.72. The summed E-state index contributed by atoms with van der Waals surface area (Å²) in [6.07, 6.45) is 1.84.